The Morgan fingerprint density at radius 2 is 1.75 bits per heavy atom. The third-order valence-electron chi connectivity index (χ3n) is 3.11. The van der Waals surface area contributed by atoms with Crippen LogP contribution in [0.1, 0.15) is 42.4 Å². The van der Waals surface area contributed by atoms with E-state index in [1.165, 1.54) is 11.1 Å². The number of carbonyl (C=O) groups excluding carboxylic acids is 1. The van der Waals surface area contributed by atoms with Gasteiger partial charge in [0, 0.05) is 0 Å². The first kappa shape index (κ1) is 11.2. The Kier molecular flexibility index (Phi) is 2.99. The molecule has 2 unspecified atom stereocenters. The summed E-state index contributed by atoms with van der Waals surface area (Å²) < 4.78 is 5.29. The van der Waals surface area contributed by atoms with E-state index in [4.69, 9.17) is 4.74 Å². The predicted octanol–water partition coefficient (Wildman–Crippen LogP) is 3.11. The fraction of sp³-hybridized carbons (Fsp3) is 0.500. The summed E-state index contributed by atoms with van der Waals surface area (Å²) in [6.45, 7) is 6.08. The molecular formula is C14H18O2. The van der Waals surface area contributed by atoms with Crippen LogP contribution in [0.3, 0.4) is 0 Å². The van der Waals surface area contributed by atoms with Gasteiger partial charge in [0.1, 0.15) is 0 Å². The van der Waals surface area contributed by atoms with E-state index in [2.05, 4.69) is 32.0 Å². The SMILES string of the molecule is Cc1cc(C)cc(C2CCC(C)OC2=O)c1. The first-order chi connectivity index (χ1) is 7.56. The molecule has 0 amide bonds. The summed E-state index contributed by atoms with van der Waals surface area (Å²) in [4.78, 5) is 11.8. The van der Waals surface area contributed by atoms with Gasteiger partial charge in [0.15, 0.2) is 0 Å². The average molecular weight is 218 g/mol. The van der Waals surface area contributed by atoms with Crippen LogP contribution in [0.15, 0.2) is 18.2 Å². The molecule has 0 saturated carbocycles. The van der Waals surface area contributed by atoms with Crippen LogP contribution in [-0.2, 0) is 9.53 Å². The number of hydrogen-bond acceptors (Lipinski definition) is 2. The molecule has 1 saturated heterocycles. The van der Waals surface area contributed by atoms with Gasteiger partial charge in [-0.1, -0.05) is 29.3 Å². The zero-order valence-corrected chi connectivity index (χ0v) is 10.1. The molecule has 16 heavy (non-hydrogen) atoms. The van der Waals surface area contributed by atoms with Crippen molar-refractivity contribution in [2.24, 2.45) is 0 Å². The lowest BCUT2D eigenvalue weighted by Gasteiger charge is -2.26. The van der Waals surface area contributed by atoms with Gasteiger partial charge in [-0.2, -0.15) is 0 Å². The molecule has 0 aromatic heterocycles. The smallest absolute Gasteiger partial charge is 0.313 e. The zero-order valence-electron chi connectivity index (χ0n) is 10.1. The van der Waals surface area contributed by atoms with Gasteiger partial charge in [-0.25, -0.2) is 0 Å². The van der Waals surface area contributed by atoms with Crippen molar-refractivity contribution in [2.45, 2.75) is 45.6 Å². The summed E-state index contributed by atoms with van der Waals surface area (Å²) in [6, 6.07) is 6.31. The van der Waals surface area contributed by atoms with Gasteiger partial charge in [0.05, 0.1) is 12.0 Å². The van der Waals surface area contributed by atoms with Crippen LogP contribution in [0.4, 0.5) is 0 Å². The second-order valence-corrected chi connectivity index (χ2v) is 4.80. The molecule has 0 N–H and O–H groups in total. The van der Waals surface area contributed by atoms with Gasteiger partial charge < -0.3 is 4.74 Å². The van der Waals surface area contributed by atoms with E-state index in [9.17, 15) is 4.79 Å². The van der Waals surface area contributed by atoms with Crippen LogP contribution in [0, 0.1) is 13.8 Å². The number of aryl methyl sites for hydroxylation is 2. The van der Waals surface area contributed by atoms with Crippen molar-refractivity contribution in [1.29, 1.82) is 0 Å². The van der Waals surface area contributed by atoms with E-state index < -0.39 is 0 Å². The molecule has 0 spiro atoms. The van der Waals surface area contributed by atoms with Crippen molar-refractivity contribution < 1.29 is 9.53 Å². The second-order valence-electron chi connectivity index (χ2n) is 4.80. The third kappa shape index (κ3) is 2.26. The normalized spacial score (nSPS) is 25.3. The monoisotopic (exact) mass is 218 g/mol. The molecule has 2 atom stereocenters. The van der Waals surface area contributed by atoms with E-state index in [0.717, 1.165) is 18.4 Å². The van der Waals surface area contributed by atoms with Gasteiger partial charge in [-0.3, -0.25) is 4.79 Å². The van der Waals surface area contributed by atoms with Crippen molar-refractivity contribution in [2.75, 3.05) is 0 Å². The van der Waals surface area contributed by atoms with Crippen LogP contribution >= 0.6 is 0 Å². The molecule has 2 rings (SSSR count). The zero-order chi connectivity index (χ0) is 11.7. The van der Waals surface area contributed by atoms with Gasteiger partial charge in [0.2, 0.25) is 0 Å². The highest BCUT2D eigenvalue weighted by Crippen LogP contribution is 2.30. The van der Waals surface area contributed by atoms with Gasteiger partial charge >= 0.3 is 5.97 Å². The molecule has 86 valence electrons. The largest absolute Gasteiger partial charge is 0.462 e. The highest BCUT2D eigenvalue weighted by molar-refractivity contribution is 5.79. The van der Waals surface area contributed by atoms with Crippen LogP contribution in [0.2, 0.25) is 0 Å². The number of hydrogen-bond donors (Lipinski definition) is 0. The summed E-state index contributed by atoms with van der Waals surface area (Å²) in [5, 5.41) is 0. The highest BCUT2D eigenvalue weighted by Gasteiger charge is 2.29. The first-order valence-electron chi connectivity index (χ1n) is 5.85. The van der Waals surface area contributed by atoms with E-state index >= 15 is 0 Å². The topological polar surface area (TPSA) is 26.3 Å². The summed E-state index contributed by atoms with van der Waals surface area (Å²) in [5.41, 5.74) is 3.53. The highest BCUT2D eigenvalue weighted by atomic mass is 16.5. The minimum atomic E-state index is -0.0660. The number of esters is 1. The lowest BCUT2D eigenvalue weighted by Crippen LogP contribution is -2.27. The fourth-order valence-electron chi connectivity index (χ4n) is 2.37. The Morgan fingerprint density at radius 1 is 1.12 bits per heavy atom. The maximum Gasteiger partial charge on any atom is 0.313 e. The molecule has 2 nitrogen and oxygen atoms in total. The van der Waals surface area contributed by atoms with Crippen molar-refractivity contribution in [3.8, 4) is 0 Å². The maximum atomic E-state index is 11.8. The molecule has 1 aromatic rings. The molecular weight excluding hydrogens is 200 g/mol. The van der Waals surface area contributed by atoms with E-state index in [0.29, 0.717) is 0 Å². The summed E-state index contributed by atoms with van der Waals surface area (Å²) in [5.74, 6) is -0.126. The summed E-state index contributed by atoms with van der Waals surface area (Å²) >= 11 is 0. The quantitative estimate of drug-likeness (QED) is 0.677. The fourth-order valence-corrected chi connectivity index (χ4v) is 2.37. The molecule has 1 aliphatic heterocycles. The Balaban J connectivity index is 2.26. The predicted molar refractivity (Wildman–Crippen MR) is 63.4 cm³/mol. The molecule has 1 aromatic carbocycles. The lowest BCUT2D eigenvalue weighted by molar-refractivity contribution is -0.154. The molecule has 1 heterocycles. The first-order valence-corrected chi connectivity index (χ1v) is 5.85. The van der Waals surface area contributed by atoms with E-state index in [1.807, 2.05) is 6.92 Å². The molecule has 1 fully saturated rings. The molecule has 1 aliphatic rings. The van der Waals surface area contributed by atoms with E-state index in [-0.39, 0.29) is 18.0 Å². The van der Waals surface area contributed by atoms with Crippen molar-refractivity contribution in [1.82, 2.24) is 0 Å². The van der Waals surface area contributed by atoms with Crippen molar-refractivity contribution in [3.05, 3.63) is 34.9 Å². The number of rotatable bonds is 1. The van der Waals surface area contributed by atoms with Crippen LogP contribution in [0.5, 0.6) is 0 Å². The number of carbonyl (C=O) groups is 1. The van der Waals surface area contributed by atoms with Gasteiger partial charge in [0.25, 0.3) is 0 Å². The van der Waals surface area contributed by atoms with Crippen molar-refractivity contribution >= 4 is 5.97 Å². The minimum Gasteiger partial charge on any atom is -0.462 e. The Bertz CT molecular complexity index is 389. The standard InChI is InChI=1S/C14H18O2/c1-9-6-10(2)8-12(7-9)13-5-4-11(3)16-14(13)15/h6-8,11,13H,4-5H2,1-3H3. The van der Waals surface area contributed by atoms with Gasteiger partial charge in [-0.05, 0) is 39.2 Å². The molecule has 0 bridgehead atoms. The van der Waals surface area contributed by atoms with E-state index in [1.54, 1.807) is 0 Å². The number of benzene rings is 1. The average Bonchev–Trinajstić information content (AvgIpc) is 2.15. The Labute approximate surface area is 96.6 Å². The van der Waals surface area contributed by atoms with Crippen LogP contribution in [-0.4, -0.2) is 12.1 Å². The lowest BCUT2D eigenvalue weighted by atomic mass is 9.89. The molecule has 2 heteroatoms. The Morgan fingerprint density at radius 3 is 2.31 bits per heavy atom. The van der Waals surface area contributed by atoms with Crippen LogP contribution in [0.25, 0.3) is 0 Å². The summed E-state index contributed by atoms with van der Waals surface area (Å²) in [7, 11) is 0. The third-order valence-corrected chi connectivity index (χ3v) is 3.11. The minimum absolute atomic E-state index is 0.0604. The molecule has 0 aliphatic carbocycles. The van der Waals surface area contributed by atoms with Gasteiger partial charge in [-0.15, -0.1) is 0 Å². The molecule has 0 radical (unpaired) electrons. The summed E-state index contributed by atoms with van der Waals surface area (Å²) in [6.07, 6.45) is 1.95. The second kappa shape index (κ2) is 4.28. The van der Waals surface area contributed by atoms with Crippen LogP contribution < -0.4 is 0 Å². The number of cyclic esters (lactones) is 1. The number of ether oxygens (including phenoxy) is 1. The Hall–Kier alpha value is -1.31. The van der Waals surface area contributed by atoms with Crippen molar-refractivity contribution in [3.63, 3.8) is 0 Å². The maximum absolute atomic E-state index is 11.8.